The van der Waals surface area contributed by atoms with Crippen LogP contribution in [0.3, 0.4) is 0 Å². The molecule has 1 atom stereocenters. The number of ether oxygens (including phenoxy) is 1. The van der Waals surface area contributed by atoms with Crippen molar-refractivity contribution in [2.75, 3.05) is 5.32 Å². The van der Waals surface area contributed by atoms with Crippen molar-refractivity contribution in [2.45, 2.75) is 12.5 Å². The van der Waals surface area contributed by atoms with Gasteiger partial charge in [-0.05, 0) is 23.8 Å². The third kappa shape index (κ3) is 2.64. The van der Waals surface area contributed by atoms with Crippen LogP contribution in [0.4, 0.5) is 5.69 Å². The lowest BCUT2D eigenvalue weighted by atomic mass is 10.1. The third-order valence-corrected chi connectivity index (χ3v) is 3.61. The molecule has 0 saturated carbocycles. The molecule has 0 spiro atoms. The maximum Gasteiger partial charge on any atom is 0.265 e. The molecule has 1 aromatic carbocycles. The summed E-state index contributed by atoms with van der Waals surface area (Å²) in [4.78, 5) is 20.4. The van der Waals surface area contributed by atoms with Gasteiger partial charge < -0.3 is 10.1 Å². The second-order valence-electron chi connectivity index (χ2n) is 5.15. The predicted octanol–water partition coefficient (Wildman–Crippen LogP) is 1.60. The lowest BCUT2D eigenvalue weighted by molar-refractivity contribution is -0.122. The lowest BCUT2D eigenvalue weighted by Crippen LogP contribution is -2.31. The van der Waals surface area contributed by atoms with E-state index < -0.39 is 6.10 Å². The van der Waals surface area contributed by atoms with E-state index in [1.807, 2.05) is 24.3 Å². The summed E-state index contributed by atoms with van der Waals surface area (Å²) in [6.45, 7) is 0. The quantitative estimate of drug-likeness (QED) is 0.795. The topological polar surface area (TPSA) is 81.9 Å². The fourth-order valence-electron chi connectivity index (χ4n) is 2.47. The minimum atomic E-state index is -0.512. The van der Waals surface area contributed by atoms with Gasteiger partial charge in [-0.15, -0.1) is 0 Å². The molecule has 0 fully saturated rings. The first-order valence-corrected chi connectivity index (χ1v) is 7.16. The summed E-state index contributed by atoms with van der Waals surface area (Å²) < 4.78 is 7.21. The van der Waals surface area contributed by atoms with Crippen molar-refractivity contribution >= 4 is 11.6 Å². The Morgan fingerprint density at radius 2 is 2.17 bits per heavy atom. The molecule has 0 radical (unpaired) electrons. The molecule has 1 aliphatic rings. The van der Waals surface area contributed by atoms with E-state index in [1.54, 1.807) is 29.3 Å². The third-order valence-electron chi connectivity index (χ3n) is 3.61. The fraction of sp³-hybridized carbons (Fsp3) is 0.125. The summed E-state index contributed by atoms with van der Waals surface area (Å²) in [6.07, 6.45) is 4.64. The van der Waals surface area contributed by atoms with Gasteiger partial charge in [0.15, 0.2) is 11.9 Å². The number of hydrogen-bond donors (Lipinski definition) is 1. The van der Waals surface area contributed by atoms with Crippen LogP contribution in [0.1, 0.15) is 5.56 Å². The maximum atomic E-state index is 12.3. The van der Waals surface area contributed by atoms with E-state index in [0.717, 1.165) is 11.3 Å². The van der Waals surface area contributed by atoms with Gasteiger partial charge >= 0.3 is 0 Å². The van der Waals surface area contributed by atoms with Crippen LogP contribution in [0, 0.1) is 0 Å². The van der Waals surface area contributed by atoms with Gasteiger partial charge in [-0.2, -0.15) is 5.10 Å². The smallest absolute Gasteiger partial charge is 0.265 e. The van der Waals surface area contributed by atoms with Crippen molar-refractivity contribution in [3.05, 3.63) is 60.8 Å². The highest BCUT2D eigenvalue weighted by molar-refractivity contribution is 5.95. The van der Waals surface area contributed by atoms with Crippen molar-refractivity contribution in [3.8, 4) is 11.6 Å². The summed E-state index contributed by atoms with van der Waals surface area (Å²) in [7, 11) is 0. The molecule has 0 bridgehead atoms. The highest BCUT2D eigenvalue weighted by Crippen LogP contribution is 2.28. The number of para-hydroxylation sites is 1. The number of carbonyl (C=O) groups is 1. The van der Waals surface area contributed by atoms with E-state index in [0.29, 0.717) is 17.9 Å². The zero-order valence-electron chi connectivity index (χ0n) is 12.1. The van der Waals surface area contributed by atoms with Gasteiger partial charge in [-0.1, -0.05) is 18.2 Å². The Hall–Kier alpha value is -3.22. The number of pyridine rings is 1. The molecule has 1 N–H and O–H groups in total. The van der Waals surface area contributed by atoms with Gasteiger partial charge in [0.2, 0.25) is 0 Å². The summed E-state index contributed by atoms with van der Waals surface area (Å²) in [6, 6.07) is 11.2. The molecule has 23 heavy (non-hydrogen) atoms. The van der Waals surface area contributed by atoms with E-state index in [-0.39, 0.29) is 5.91 Å². The van der Waals surface area contributed by atoms with E-state index >= 15 is 0 Å². The molecule has 7 nitrogen and oxygen atoms in total. The van der Waals surface area contributed by atoms with Gasteiger partial charge in [-0.3, -0.25) is 4.79 Å². The van der Waals surface area contributed by atoms with Gasteiger partial charge in [0.05, 0.1) is 11.9 Å². The molecule has 0 aliphatic carbocycles. The second kappa shape index (κ2) is 5.53. The highest BCUT2D eigenvalue weighted by atomic mass is 16.5. The Bertz CT molecular complexity index is 805. The number of rotatable bonds is 3. The molecular formula is C16H13N5O2. The predicted molar refractivity (Wildman–Crippen MR) is 82.3 cm³/mol. The van der Waals surface area contributed by atoms with E-state index in [9.17, 15) is 4.79 Å². The number of fused-ring (bicyclic) bond motifs is 1. The second-order valence-corrected chi connectivity index (χ2v) is 5.15. The van der Waals surface area contributed by atoms with Crippen LogP contribution in [-0.4, -0.2) is 31.8 Å². The van der Waals surface area contributed by atoms with Crippen LogP contribution in [0.5, 0.6) is 5.75 Å². The Morgan fingerprint density at radius 3 is 2.91 bits per heavy atom. The van der Waals surface area contributed by atoms with Gasteiger partial charge in [0.25, 0.3) is 5.91 Å². The summed E-state index contributed by atoms with van der Waals surface area (Å²) in [5.41, 5.74) is 1.66. The van der Waals surface area contributed by atoms with Crippen molar-refractivity contribution in [3.63, 3.8) is 0 Å². The van der Waals surface area contributed by atoms with Crippen LogP contribution in [-0.2, 0) is 11.2 Å². The molecule has 3 heterocycles. The van der Waals surface area contributed by atoms with E-state index in [2.05, 4.69) is 20.4 Å². The molecule has 4 rings (SSSR count). The van der Waals surface area contributed by atoms with Gasteiger partial charge in [0, 0.05) is 6.42 Å². The number of benzene rings is 1. The zero-order chi connectivity index (χ0) is 15.6. The Balaban J connectivity index is 1.44. The number of aromatic nitrogens is 4. The van der Waals surface area contributed by atoms with Crippen LogP contribution in [0.15, 0.2) is 55.2 Å². The van der Waals surface area contributed by atoms with Gasteiger partial charge in [0.1, 0.15) is 18.4 Å². The van der Waals surface area contributed by atoms with Crippen molar-refractivity contribution in [1.82, 2.24) is 19.7 Å². The number of hydrogen-bond acceptors (Lipinski definition) is 5. The lowest BCUT2D eigenvalue weighted by Gasteiger charge is -2.11. The number of amides is 1. The van der Waals surface area contributed by atoms with Crippen LogP contribution in [0.2, 0.25) is 0 Å². The first-order valence-electron chi connectivity index (χ1n) is 7.16. The Kier molecular flexibility index (Phi) is 3.23. The molecule has 0 unspecified atom stereocenters. The summed E-state index contributed by atoms with van der Waals surface area (Å²) in [5, 5.41) is 6.82. The average molecular weight is 307 g/mol. The normalized spacial score (nSPS) is 15.7. The average Bonchev–Trinajstić information content (AvgIpc) is 3.25. The SMILES string of the molecule is O=C(Nc1ccc(-n2cncn2)nc1)[C@@H]1Cc2ccccc2O1. The molecule has 0 saturated heterocycles. The molecule has 1 amide bonds. The minimum absolute atomic E-state index is 0.184. The molecule has 7 heteroatoms. The monoisotopic (exact) mass is 307 g/mol. The molecular weight excluding hydrogens is 294 g/mol. The van der Waals surface area contributed by atoms with Crippen molar-refractivity contribution in [1.29, 1.82) is 0 Å². The van der Waals surface area contributed by atoms with Crippen LogP contribution < -0.4 is 10.1 Å². The Morgan fingerprint density at radius 1 is 1.26 bits per heavy atom. The number of carbonyl (C=O) groups excluding carboxylic acids is 1. The van der Waals surface area contributed by atoms with Crippen molar-refractivity contribution < 1.29 is 9.53 Å². The molecule has 114 valence electrons. The fourth-order valence-corrected chi connectivity index (χ4v) is 2.47. The highest BCUT2D eigenvalue weighted by Gasteiger charge is 2.28. The van der Waals surface area contributed by atoms with E-state index in [4.69, 9.17) is 4.74 Å². The minimum Gasteiger partial charge on any atom is -0.480 e. The number of anilines is 1. The number of nitrogens with one attached hydrogen (secondary N) is 1. The van der Waals surface area contributed by atoms with Crippen LogP contribution >= 0.6 is 0 Å². The molecule has 2 aromatic heterocycles. The summed E-state index contributed by atoms with van der Waals surface area (Å²) >= 11 is 0. The first-order chi connectivity index (χ1) is 11.3. The van der Waals surface area contributed by atoms with E-state index in [1.165, 1.54) is 6.33 Å². The first kappa shape index (κ1) is 13.4. The Labute approximate surface area is 132 Å². The largest absolute Gasteiger partial charge is 0.480 e. The molecule has 1 aliphatic heterocycles. The maximum absolute atomic E-state index is 12.3. The number of nitrogens with zero attached hydrogens (tertiary/aromatic N) is 4. The molecule has 3 aromatic rings. The zero-order valence-corrected chi connectivity index (χ0v) is 12.1. The van der Waals surface area contributed by atoms with Gasteiger partial charge in [-0.25, -0.2) is 14.6 Å². The standard InChI is InChI=1S/C16H13N5O2/c22-16(14-7-11-3-1-2-4-13(11)23-14)20-12-5-6-15(18-8-12)21-10-17-9-19-21/h1-6,8-10,14H,7H2,(H,20,22)/t14-/m0/s1. The van der Waals surface area contributed by atoms with Crippen molar-refractivity contribution in [2.24, 2.45) is 0 Å². The summed E-state index contributed by atoms with van der Waals surface area (Å²) in [5.74, 6) is 1.22. The van der Waals surface area contributed by atoms with Crippen LogP contribution in [0.25, 0.3) is 5.82 Å².